The molecule has 0 N–H and O–H groups in total. The van der Waals surface area contributed by atoms with Crippen molar-refractivity contribution < 1.29 is 18.7 Å². The molecule has 1 aliphatic rings. The third-order valence-corrected chi connectivity index (χ3v) is 5.62. The Balaban J connectivity index is 1.75. The second-order valence-corrected chi connectivity index (χ2v) is 7.34. The zero-order valence-corrected chi connectivity index (χ0v) is 15.7. The second kappa shape index (κ2) is 7.62. The lowest BCUT2D eigenvalue weighted by Gasteiger charge is -2.23. The molecule has 140 valence electrons. The summed E-state index contributed by atoms with van der Waals surface area (Å²) in [5, 5.41) is 0.512. The fraction of sp³-hybridized carbons (Fsp3) is 0.300. The van der Waals surface area contributed by atoms with Crippen molar-refractivity contribution in [3.8, 4) is 5.75 Å². The van der Waals surface area contributed by atoms with Crippen LogP contribution in [0.3, 0.4) is 0 Å². The van der Waals surface area contributed by atoms with E-state index in [2.05, 4.69) is 4.98 Å². The molecule has 1 atom stereocenters. The van der Waals surface area contributed by atoms with Crippen molar-refractivity contribution in [2.24, 2.45) is 0 Å². The van der Waals surface area contributed by atoms with Crippen LogP contribution in [0.1, 0.15) is 23.2 Å². The van der Waals surface area contributed by atoms with Gasteiger partial charge >= 0.3 is 0 Å². The van der Waals surface area contributed by atoms with E-state index < -0.39 is 11.7 Å². The van der Waals surface area contributed by atoms with Crippen molar-refractivity contribution in [3.63, 3.8) is 0 Å². The van der Waals surface area contributed by atoms with Gasteiger partial charge in [-0.1, -0.05) is 29.5 Å². The topological polar surface area (TPSA) is 51.7 Å². The van der Waals surface area contributed by atoms with Crippen LogP contribution in [-0.2, 0) is 4.74 Å². The number of rotatable bonds is 5. The first-order valence-corrected chi connectivity index (χ1v) is 9.60. The average Bonchev–Trinajstić information content (AvgIpc) is 3.35. The number of methoxy groups -OCH3 is 1. The molecule has 0 aliphatic carbocycles. The van der Waals surface area contributed by atoms with Gasteiger partial charge < -0.3 is 9.47 Å². The molecular weight excluding hydrogens is 367 g/mol. The van der Waals surface area contributed by atoms with E-state index in [9.17, 15) is 9.18 Å². The first-order chi connectivity index (χ1) is 13.2. The highest BCUT2D eigenvalue weighted by Gasteiger charge is 2.28. The van der Waals surface area contributed by atoms with Gasteiger partial charge in [0.1, 0.15) is 17.1 Å². The molecule has 1 aliphatic heterocycles. The van der Waals surface area contributed by atoms with Gasteiger partial charge in [-0.25, -0.2) is 9.37 Å². The molecular formula is C20H19FN2O3S. The summed E-state index contributed by atoms with van der Waals surface area (Å²) in [7, 11) is 1.59. The number of carbonyl (C=O) groups excluding carboxylic acids is 1. The number of amides is 1. The van der Waals surface area contributed by atoms with Crippen LogP contribution in [0.4, 0.5) is 9.52 Å². The molecule has 5 nitrogen and oxygen atoms in total. The normalized spacial score (nSPS) is 16.6. The van der Waals surface area contributed by atoms with Gasteiger partial charge in [0.15, 0.2) is 5.13 Å². The van der Waals surface area contributed by atoms with Crippen molar-refractivity contribution in [2.75, 3.05) is 25.2 Å². The number of fused-ring (bicyclic) bond motifs is 1. The minimum Gasteiger partial charge on any atom is -0.494 e. The van der Waals surface area contributed by atoms with Gasteiger partial charge in [-0.3, -0.25) is 9.69 Å². The molecule has 3 aromatic rings. The predicted molar refractivity (Wildman–Crippen MR) is 103 cm³/mol. The van der Waals surface area contributed by atoms with Crippen molar-refractivity contribution in [3.05, 3.63) is 53.8 Å². The SMILES string of the molecule is COc1cccc2sc(N(CC3CCCO3)C(=O)c3ccccc3F)nc12. The Bertz CT molecular complexity index is 969. The van der Waals surface area contributed by atoms with Crippen LogP contribution in [-0.4, -0.2) is 37.3 Å². The molecule has 27 heavy (non-hydrogen) atoms. The zero-order valence-electron chi connectivity index (χ0n) is 14.9. The smallest absolute Gasteiger partial charge is 0.263 e. The summed E-state index contributed by atoms with van der Waals surface area (Å²) in [5.74, 6) is -0.314. The minimum atomic E-state index is -0.543. The Morgan fingerprint density at radius 1 is 1.33 bits per heavy atom. The molecule has 1 saturated heterocycles. The molecule has 0 radical (unpaired) electrons. The van der Waals surface area contributed by atoms with Gasteiger partial charge in [-0.2, -0.15) is 0 Å². The molecule has 2 heterocycles. The monoisotopic (exact) mass is 386 g/mol. The first-order valence-electron chi connectivity index (χ1n) is 8.79. The number of aromatic nitrogens is 1. The van der Waals surface area contributed by atoms with Crippen LogP contribution in [0.5, 0.6) is 5.75 Å². The van der Waals surface area contributed by atoms with Crippen molar-refractivity contribution in [2.45, 2.75) is 18.9 Å². The quantitative estimate of drug-likeness (QED) is 0.657. The number of ether oxygens (including phenoxy) is 2. The van der Waals surface area contributed by atoms with Gasteiger partial charge in [0.25, 0.3) is 5.91 Å². The first kappa shape index (κ1) is 17.9. The number of thiazole rings is 1. The summed E-state index contributed by atoms with van der Waals surface area (Å²) in [4.78, 5) is 19.3. The fourth-order valence-corrected chi connectivity index (χ4v) is 4.20. The fourth-order valence-electron chi connectivity index (χ4n) is 3.21. The van der Waals surface area contributed by atoms with Gasteiger partial charge in [-0.05, 0) is 37.1 Å². The van der Waals surface area contributed by atoms with Gasteiger partial charge in [0.2, 0.25) is 0 Å². The van der Waals surface area contributed by atoms with Gasteiger partial charge in [-0.15, -0.1) is 0 Å². The van der Waals surface area contributed by atoms with Crippen molar-refractivity contribution in [1.29, 1.82) is 0 Å². The lowest BCUT2D eigenvalue weighted by molar-refractivity contribution is 0.0914. The molecule has 4 rings (SSSR count). The van der Waals surface area contributed by atoms with Crippen LogP contribution >= 0.6 is 11.3 Å². The van der Waals surface area contributed by atoms with E-state index in [0.717, 1.165) is 17.5 Å². The van der Waals surface area contributed by atoms with E-state index in [4.69, 9.17) is 9.47 Å². The van der Waals surface area contributed by atoms with E-state index in [0.29, 0.717) is 29.5 Å². The maximum Gasteiger partial charge on any atom is 0.263 e. The highest BCUT2D eigenvalue weighted by atomic mass is 32.1. The molecule has 0 saturated carbocycles. The lowest BCUT2D eigenvalue weighted by atomic mass is 10.1. The van der Waals surface area contributed by atoms with Crippen molar-refractivity contribution >= 4 is 32.6 Å². The number of hydrogen-bond acceptors (Lipinski definition) is 5. The summed E-state index contributed by atoms with van der Waals surface area (Å²) in [6.45, 7) is 1.02. The van der Waals surface area contributed by atoms with Gasteiger partial charge in [0, 0.05) is 6.61 Å². The number of anilines is 1. The van der Waals surface area contributed by atoms with Crippen LogP contribution in [0.25, 0.3) is 10.2 Å². The van der Waals surface area contributed by atoms with Crippen LogP contribution in [0.15, 0.2) is 42.5 Å². The number of para-hydroxylation sites is 1. The molecule has 1 fully saturated rings. The Morgan fingerprint density at radius 2 is 2.19 bits per heavy atom. The largest absolute Gasteiger partial charge is 0.494 e. The molecule has 0 spiro atoms. The van der Waals surface area contributed by atoms with E-state index in [-0.39, 0.29) is 11.7 Å². The molecule has 2 aromatic carbocycles. The zero-order chi connectivity index (χ0) is 18.8. The number of halogens is 1. The summed E-state index contributed by atoms with van der Waals surface area (Å²) in [6.07, 6.45) is 1.75. The molecule has 1 amide bonds. The summed E-state index contributed by atoms with van der Waals surface area (Å²) >= 11 is 1.38. The molecule has 0 bridgehead atoms. The standard InChI is InChI=1S/C20H19FN2O3S/c1-25-16-9-4-10-17-18(16)22-20(27-17)23(12-13-6-5-11-26-13)19(24)14-7-2-3-8-15(14)21/h2-4,7-10,13H,5-6,11-12H2,1H3. The Kier molecular flexibility index (Phi) is 5.05. The second-order valence-electron chi connectivity index (χ2n) is 6.33. The van der Waals surface area contributed by atoms with Crippen LogP contribution < -0.4 is 9.64 Å². The minimum absolute atomic E-state index is 0.0294. The summed E-state index contributed by atoms with van der Waals surface area (Å²) in [6, 6.07) is 11.6. The highest BCUT2D eigenvalue weighted by molar-refractivity contribution is 7.22. The molecule has 1 aromatic heterocycles. The lowest BCUT2D eigenvalue weighted by Crippen LogP contribution is -2.37. The summed E-state index contributed by atoms with van der Waals surface area (Å²) < 4.78 is 26.2. The molecule has 7 heteroatoms. The Labute approximate surface area is 160 Å². The number of nitrogens with zero attached hydrogens (tertiary/aromatic N) is 2. The predicted octanol–water partition coefficient (Wildman–Crippen LogP) is 4.27. The Morgan fingerprint density at radius 3 is 2.93 bits per heavy atom. The molecule has 1 unspecified atom stereocenters. The Hall–Kier alpha value is -2.51. The van der Waals surface area contributed by atoms with Crippen molar-refractivity contribution in [1.82, 2.24) is 4.98 Å². The maximum atomic E-state index is 14.2. The van der Waals surface area contributed by atoms with E-state index >= 15 is 0 Å². The summed E-state index contributed by atoms with van der Waals surface area (Å²) in [5.41, 5.74) is 0.723. The number of carbonyl (C=O) groups is 1. The van der Waals surface area contributed by atoms with Crippen LogP contribution in [0, 0.1) is 5.82 Å². The maximum absolute atomic E-state index is 14.2. The van der Waals surface area contributed by atoms with E-state index in [1.807, 2.05) is 18.2 Å². The number of benzene rings is 2. The highest BCUT2D eigenvalue weighted by Crippen LogP contribution is 2.35. The van der Waals surface area contributed by atoms with E-state index in [1.165, 1.54) is 28.4 Å². The number of hydrogen-bond donors (Lipinski definition) is 0. The average molecular weight is 386 g/mol. The third kappa shape index (κ3) is 3.52. The van der Waals surface area contributed by atoms with E-state index in [1.54, 1.807) is 19.2 Å². The van der Waals surface area contributed by atoms with Crippen LogP contribution in [0.2, 0.25) is 0 Å². The third-order valence-electron chi connectivity index (χ3n) is 4.58. The van der Waals surface area contributed by atoms with Gasteiger partial charge in [0.05, 0.1) is 30.0 Å².